The molecule has 0 aliphatic rings. The molecule has 8 nitrogen and oxygen atoms in total. The van der Waals surface area contributed by atoms with Crippen LogP contribution in [0.15, 0.2) is 48.4 Å². The zero-order valence-electron chi connectivity index (χ0n) is 18.0. The van der Waals surface area contributed by atoms with Gasteiger partial charge in [0.25, 0.3) is 0 Å². The molecule has 2 aromatic rings. The number of nitrogen functional groups attached to an aromatic ring is 1. The van der Waals surface area contributed by atoms with Crippen LogP contribution in [0.25, 0.3) is 0 Å². The van der Waals surface area contributed by atoms with Crippen LogP contribution >= 0.6 is 0 Å². The average Bonchev–Trinajstić information content (AvgIpc) is 2.69. The molecule has 0 aliphatic carbocycles. The molecule has 0 saturated carbocycles. The summed E-state index contributed by atoms with van der Waals surface area (Å²) in [5.41, 5.74) is 7.92. The number of aromatic nitrogens is 2. The topological polar surface area (TPSA) is 116 Å². The highest BCUT2D eigenvalue weighted by molar-refractivity contribution is 5.89. The summed E-state index contributed by atoms with van der Waals surface area (Å²) in [6.07, 6.45) is 5.27. The number of nitrogens with one attached hydrogen (secondary N) is 1. The lowest BCUT2D eigenvalue weighted by atomic mass is 10.1. The molecule has 30 heavy (non-hydrogen) atoms. The second kappa shape index (κ2) is 13.7. The second-order valence-corrected chi connectivity index (χ2v) is 6.32. The maximum absolute atomic E-state index is 11.9. The molecule has 8 heteroatoms. The monoisotopic (exact) mass is 414 g/mol. The Morgan fingerprint density at radius 1 is 1.00 bits per heavy atom. The van der Waals surface area contributed by atoms with Gasteiger partial charge in [0.1, 0.15) is 11.6 Å². The Balaban J connectivity index is 0.000000467. The molecular formula is C22H30N4O4. The van der Waals surface area contributed by atoms with E-state index >= 15 is 0 Å². The minimum atomic E-state index is -0.452. The summed E-state index contributed by atoms with van der Waals surface area (Å²) in [5.74, 6) is 0.418. The number of rotatable bonds is 8. The summed E-state index contributed by atoms with van der Waals surface area (Å²) >= 11 is 0. The van der Waals surface area contributed by atoms with Crippen molar-refractivity contribution in [2.75, 3.05) is 24.3 Å². The highest BCUT2D eigenvalue weighted by Crippen LogP contribution is 2.11. The number of carbonyl (C=O) groups is 2. The van der Waals surface area contributed by atoms with E-state index in [-0.39, 0.29) is 25.4 Å². The van der Waals surface area contributed by atoms with Crippen molar-refractivity contribution in [3.63, 3.8) is 0 Å². The van der Waals surface area contributed by atoms with Gasteiger partial charge >= 0.3 is 11.9 Å². The standard InChI is InChI=1S/C16H22N2O4.C6H8N2/c1-4-21-15(19)7-6-13(16(20)22-5-2)11-18-14-10-12(3)8-9-17-14;1-5-2-3-8-6(7)4-5/h8-11H,4-7H2,1-3H3,(H,17,18);2-4H,1H3,(H2,7,8)/b13-11-;. The van der Waals surface area contributed by atoms with Gasteiger partial charge in [0, 0.05) is 25.0 Å². The highest BCUT2D eigenvalue weighted by Gasteiger charge is 2.13. The molecule has 0 saturated heterocycles. The van der Waals surface area contributed by atoms with Crippen molar-refractivity contribution in [3.8, 4) is 0 Å². The molecule has 0 unspecified atom stereocenters. The van der Waals surface area contributed by atoms with Gasteiger partial charge in [-0.15, -0.1) is 0 Å². The van der Waals surface area contributed by atoms with Crippen LogP contribution < -0.4 is 11.1 Å². The number of hydrogen-bond donors (Lipinski definition) is 2. The molecule has 2 rings (SSSR count). The highest BCUT2D eigenvalue weighted by atomic mass is 16.5. The summed E-state index contributed by atoms with van der Waals surface area (Å²) < 4.78 is 9.85. The van der Waals surface area contributed by atoms with E-state index < -0.39 is 5.97 Å². The number of carbonyl (C=O) groups excluding carboxylic acids is 2. The molecule has 0 aliphatic heterocycles. The third-order valence-corrected chi connectivity index (χ3v) is 3.69. The Morgan fingerprint density at radius 2 is 1.63 bits per heavy atom. The van der Waals surface area contributed by atoms with Crippen molar-refractivity contribution in [3.05, 3.63) is 59.6 Å². The van der Waals surface area contributed by atoms with Crippen LogP contribution in [0.1, 0.15) is 37.8 Å². The summed E-state index contributed by atoms with van der Waals surface area (Å²) in [5, 5.41) is 2.95. The molecule has 0 radical (unpaired) electrons. The molecule has 0 atom stereocenters. The Labute approximate surface area is 177 Å². The number of pyridine rings is 2. The lowest BCUT2D eigenvalue weighted by Gasteiger charge is -2.08. The van der Waals surface area contributed by atoms with Crippen LogP contribution in [0, 0.1) is 13.8 Å². The Bertz CT molecular complexity index is 835. The first-order chi connectivity index (χ1) is 14.3. The van der Waals surface area contributed by atoms with Crippen molar-refractivity contribution < 1.29 is 19.1 Å². The first-order valence-electron chi connectivity index (χ1n) is 9.74. The van der Waals surface area contributed by atoms with Gasteiger partial charge in [0.2, 0.25) is 0 Å². The number of anilines is 2. The second-order valence-electron chi connectivity index (χ2n) is 6.32. The molecule has 2 heterocycles. The maximum Gasteiger partial charge on any atom is 0.335 e. The van der Waals surface area contributed by atoms with E-state index in [4.69, 9.17) is 15.2 Å². The smallest absolute Gasteiger partial charge is 0.335 e. The van der Waals surface area contributed by atoms with Gasteiger partial charge in [-0.3, -0.25) is 4.79 Å². The molecule has 2 aromatic heterocycles. The third kappa shape index (κ3) is 10.2. The van der Waals surface area contributed by atoms with Crippen LogP contribution in [0.4, 0.5) is 11.6 Å². The first-order valence-corrected chi connectivity index (χ1v) is 9.74. The predicted octanol–water partition coefficient (Wildman–Crippen LogP) is 3.56. The molecular weight excluding hydrogens is 384 g/mol. The zero-order chi connectivity index (χ0) is 22.4. The Hall–Kier alpha value is -3.42. The van der Waals surface area contributed by atoms with Crippen LogP contribution in [-0.2, 0) is 19.1 Å². The first kappa shape index (κ1) is 24.6. The Morgan fingerprint density at radius 3 is 2.17 bits per heavy atom. The van der Waals surface area contributed by atoms with Gasteiger partial charge < -0.3 is 20.5 Å². The normalized spacial score (nSPS) is 10.5. The van der Waals surface area contributed by atoms with E-state index in [1.165, 1.54) is 6.20 Å². The Kier molecular flexibility index (Phi) is 11.2. The fourth-order valence-corrected chi connectivity index (χ4v) is 2.26. The molecule has 0 fully saturated rings. The fraction of sp³-hybridized carbons (Fsp3) is 0.364. The van der Waals surface area contributed by atoms with Crippen LogP contribution in [0.2, 0.25) is 0 Å². The van der Waals surface area contributed by atoms with Crippen molar-refractivity contribution in [1.82, 2.24) is 9.97 Å². The fourth-order valence-electron chi connectivity index (χ4n) is 2.26. The van der Waals surface area contributed by atoms with E-state index in [0.29, 0.717) is 23.8 Å². The van der Waals surface area contributed by atoms with Crippen LogP contribution in [0.3, 0.4) is 0 Å². The minimum absolute atomic E-state index is 0.126. The van der Waals surface area contributed by atoms with Gasteiger partial charge in [0.05, 0.1) is 18.8 Å². The minimum Gasteiger partial charge on any atom is -0.466 e. The van der Waals surface area contributed by atoms with Crippen molar-refractivity contribution in [1.29, 1.82) is 0 Å². The van der Waals surface area contributed by atoms with E-state index in [2.05, 4.69) is 15.3 Å². The quantitative estimate of drug-likeness (QED) is 0.497. The van der Waals surface area contributed by atoms with Crippen molar-refractivity contribution >= 4 is 23.6 Å². The van der Waals surface area contributed by atoms with Gasteiger partial charge in [-0.2, -0.15) is 0 Å². The molecule has 0 bridgehead atoms. The number of ether oxygens (including phenoxy) is 2. The number of aryl methyl sites for hydroxylation is 2. The summed E-state index contributed by atoms with van der Waals surface area (Å²) in [4.78, 5) is 31.3. The number of nitrogens with zero attached hydrogens (tertiary/aromatic N) is 2. The van der Waals surface area contributed by atoms with Gasteiger partial charge in [-0.1, -0.05) is 0 Å². The number of hydrogen-bond acceptors (Lipinski definition) is 8. The van der Waals surface area contributed by atoms with E-state index in [0.717, 1.165) is 11.1 Å². The SMILES string of the molecule is CCOC(=O)CC/C(=C/Nc1cc(C)ccn1)C(=O)OCC.Cc1ccnc(N)c1. The summed E-state index contributed by atoms with van der Waals surface area (Å²) in [6, 6.07) is 7.48. The average molecular weight is 415 g/mol. The number of esters is 2. The molecule has 0 spiro atoms. The summed E-state index contributed by atoms with van der Waals surface area (Å²) in [7, 11) is 0. The predicted molar refractivity (Wildman–Crippen MR) is 117 cm³/mol. The summed E-state index contributed by atoms with van der Waals surface area (Å²) in [6.45, 7) is 8.00. The molecule has 162 valence electrons. The third-order valence-electron chi connectivity index (χ3n) is 3.69. The van der Waals surface area contributed by atoms with Crippen molar-refractivity contribution in [2.24, 2.45) is 0 Å². The molecule has 0 amide bonds. The number of nitrogens with two attached hydrogens (primary N) is 1. The lowest BCUT2D eigenvalue weighted by molar-refractivity contribution is -0.143. The van der Waals surface area contributed by atoms with Gasteiger partial charge in [0.15, 0.2) is 0 Å². The molecule has 0 aromatic carbocycles. The largest absolute Gasteiger partial charge is 0.466 e. The lowest BCUT2D eigenvalue weighted by Crippen LogP contribution is -2.12. The van der Waals surface area contributed by atoms with E-state index in [1.807, 2.05) is 38.1 Å². The van der Waals surface area contributed by atoms with Crippen LogP contribution in [-0.4, -0.2) is 35.1 Å². The van der Waals surface area contributed by atoms with Gasteiger partial charge in [-0.25, -0.2) is 14.8 Å². The van der Waals surface area contributed by atoms with Gasteiger partial charge in [-0.05, 0) is 69.5 Å². The zero-order valence-corrected chi connectivity index (χ0v) is 18.0. The van der Waals surface area contributed by atoms with E-state index in [1.54, 1.807) is 26.2 Å². The van der Waals surface area contributed by atoms with Crippen LogP contribution in [0.5, 0.6) is 0 Å². The maximum atomic E-state index is 11.9. The van der Waals surface area contributed by atoms with E-state index in [9.17, 15) is 9.59 Å². The molecule has 3 N–H and O–H groups in total. The van der Waals surface area contributed by atoms with Crippen molar-refractivity contribution in [2.45, 2.75) is 40.5 Å².